The fraction of sp³-hybridized carbons (Fsp3) is 0.128. The zero-order valence-electron chi connectivity index (χ0n) is 74.9. The molecule has 134 heavy (non-hydrogen) atoms. The summed E-state index contributed by atoms with van der Waals surface area (Å²) in [7, 11) is 0. The summed E-state index contributed by atoms with van der Waals surface area (Å²) >= 11 is 0. The van der Waals surface area contributed by atoms with Gasteiger partial charge in [0.05, 0.1) is 51.7 Å². The van der Waals surface area contributed by atoms with Gasteiger partial charge in [0.2, 0.25) is 5.95 Å². The van der Waals surface area contributed by atoms with Gasteiger partial charge < -0.3 is 53.6 Å². The molecule has 0 aliphatic carbocycles. The number of carbonyl (C=O) groups excluding carboxylic acids is 4. The van der Waals surface area contributed by atoms with E-state index in [1.54, 1.807) is 0 Å². The zero-order chi connectivity index (χ0) is 91.0. The molecule has 0 saturated carbocycles. The number of aliphatic hydroxyl groups excluding tert-OH is 4. The van der Waals surface area contributed by atoms with E-state index in [4.69, 9.17) is 55.3 Å². The van der Waals surface area contributed by atoms with Gasteiger partial charge in [-0.25, -0.2) is 9.97 Å². The standard InChI is InChI=1S/2C23H14N3.C22H18N4.C21H16N3.4C5H8O2.4Ir/c1-3-9-17-16(8-1)14-24-23-22(17)18-10-4-6-12-20(18)26(23)21-13-15-7-2-5-11-19(15)25-21;1-3-9-17-15(7-1)13-25-23-21(17)19-11-5-6-12-20(19)26(23)22-18-10-4-2-8-16(18)14-24-22;1-2-9-17-15(7-1)13-23-21-20(17)18-10-3-4-11-19(18)26(21)22-24-14-16-8-5-6-12-25(16)22;1-13-11-22-20(14(13)2)24-18-10-6-5-9-17(18)19-16-8-4-3-7-15(16)12-23-21(19)24;4*1-4(6)3-5(2)7;;;;/h2*1-14H;1-4,7,9-11,13-14H,5-6,8,12H2;3-12H,1-2H3;4*3,6H,1-2H3;;;;/q2*-1;;-1;;;;;;;;. The minimum atomic E-state index is -0.125. The van der Waals surface area contributed by atoms with Crippen molar-refractivity contribution in [2.24, 2.45) is 0 Å². The third kappa shape index (κ3) is 20.9. The topological polar surface area (TPSA) is 281 Å². The van der Waals surface area contributed by atoms with E-state index in [1.165, 1.54) is 185 Å². The van der Waals surface area contributed by atoms with Gasteiger partial charge in [-0.05, 0) is 188 Å². The predicted octanol–water partition coefficient (Wildman–Crippen LogP) is 23.8. The summed E-state index contributed by atoms with van der Waals surface area (Å²) in [6, 6.07) is 86.5. The molecular weight excluding hydrogens is 2390 g/mol. The molecule has 13 heterocycles. The van der Waals surface area contributed by atoms with E-state index < -0.39 is 0 Å². The number of allylic oxidation sites excluding steroid dienone is 8. The Morgan fingerprint density at radius 3 is 1.01 bits per heavy atom. The fourth-order valence-electron chi connectivity index (χ4n) is 17.0. The van der Waals surface area contributed by atoms with Gasteiger partial charge in [0.25, 0.3) is 0 Å². The average Bonchev–Trinajstić information content (AvgIpc) is 1.56. The number of aliphatic hydroxyl groups is 4. The molecule has 0 bridgehead atoms. The third-order valence-electron chi connectivity index (χ3n) is 22.4. The van der Waals surface area contributed by atoms with Crippen LogP contribution in [0.4, 0.5) is 0 Å². The predicted molar refractivity (Wildman–Crippen MR) is 523 cm³/mol. The Kier molecular flexibility index (Phi) is 32.6. The van der Waals surface area contributed by atoms with E-state index in [1.807, 2.05) is 61.6 Å². The number of para-hydroxylation sites is 5. The summed E-state index contributed by atoms with van der Waals surface area (Å²) in [6.45, 7) is 16.7. The summed E-state index contributed by atoms with van der Waals surface area (Å²) in [5.41, 5.74) is 13.2. The number of hydrogen-bond donors (Lipinski definition) is 4. The smallest absolute Gasteiger partial charge is 0.216 e. The molecule has 0 atom stereocenters. The molecule has 23 rings (SSSR count). The first-order valence-electron chi connectivity index (χ1n) is 42.8. The number of benzene rings is 10. The van der Waals surface area contributed by atoms with Crippen LogP contribution >= 0.6 is 0 Å². The molecule has 21 nitrogen and oxygen atoms in total. The number of hydrogen-bond acceptors (Lipinski definition) is 12. The van der Waals surface area contributed by atoms with Gasteiger partial charge in [-0.3, -0.25) is 38.7 Å². The van der Waals surface area contributed by atoms with Crippen LogP contribution in [0.15, 0.2) is 339 Å². The van der Waals surface area contributed by atoms with Gasteiger partial charge in [0.1, 0.15) is 5.65 Å². The first-order valence-corrected chi connectivity index (χ1v) is 42.8. The number of ketones is 4. The summed E-state index contributed by atoms with van der Waals surface area (Å²) < 4.78 is 11.2. The number of carbonyl (C=O) groups is 4. The van der Waals surface area contributed by atoms with Crippen molar-refractivity contribution in [3.63, 3.8) is 0 Å². The van der Waals surface area contributed by atoms with E-state index >= 15 is 0 Å². The second-order valence-corrected chi connectivity index (χ2v) is 32.1. The van der Waals surface area contributed by atoms with E-state index in [0.717, 1.165) is 113 Å². The van der Waals surface area contributed by atoms with Crippen molar-refractivity contribution >= 4 is 176 Å². The van der Waals surface area contributed by atoms with Crippen molar-refractivity contribution in [3.05, 3.63) is 356 Å². The maximum absolute atomic E-state index is 10.0. The Bertz CT molecular complexity index is 8090. The van der Waals surface area contributed by atoms with Crippen molar-refractivity contribution in [2.75, 3.05) is 0 Å². The van der Waals surface area contributed by atoms with Crippen molar-refractivity contribution in [3.8, 4) is 23.4 Å². The number of imidazole rings is 1. The molecule has 12 aromatic heterocycles. The minimum absolute atomic E-state index is 0. The Labute approximate surface area is 826 Å². The Morgan fingerprint density at radius 2 is 0.649 bits per heavy atom. The molecule has 4 radical (unpaired) electrons. The van der Waals surface area contributed by atoms with Crippen molar-refractivity contribution in [1.82, 2.24) is 58.1 Å². The number of aryl methyl sites for hydroxylation is 2. The zero-order valence-corrected chi connectivity index (χ0v) is 84.5. The van der Waals surface area contributed by atoms with Crippen LogP contribution in [-0.4, -0.2) is 81.8 Å². The maximum Gasteiger partial charge on any atom is 0.216 e. The molecule has 10 aromatic carbocycles. The van der Waals surface area contributed by atoms with E-state index in [-0.39, 0.29) is 127 Å². The number of fused-ring (bicyclic) bond motifs is 23. The molecule has 0 fully saturated rings. The summed E-state index contributed by atoms with van der Waals surface area (Å²) in [5.74, 6) is 3.57. The van der Waals surface area contributed by atoms with Gasteiger partial charge in [0, 0.05) is 190 Å². The van der Waals surface area contributed by atoms with E-state index in [0.29, 0.717) is 0 Å². The third-order valence-corrected chi connectivity index (χ3v) is 22.4. The normalized spacial score (nSPS) is 11.9. The molecule has 0 unspecified atom stereocenters. The van der Waals surface area contributed by atoms with Crippen LogP contribution < -0.4 is 24.5 Å². The van der Waals surface area contributed by atoms with Gasteiger partial charge >= 0.3 is 0 Å². The van der Waals surface area contributed by atoms with Crippen molar-refractivity contribution < 1.29 is 125 Å². The quantitative estimate of drug-likeness (QED) is 0.0625. The molecule has 25 heteroatoms. The largest absolute Gasteiger partial charge is 0.512 e. The monoisotopic (exact) mass is 2480 g/mol. The minimum Gasteiger partial charge on any atom is -0.512 e. The number of aromatic nitrogens is 13. The average molecular weight is 2480 g/mol. The fourth-order valence-corrected chi connectivity index (χ4v) is 17.0. The molecule has 1 aliphatic heterocycles. The second kappa shape index (κ2) is 44.1. The number of nitrogens with zero attached hydrogens (tertiary/aromatic N) is 13. The van der Waals surface area contributed by atoms with Gasteiger partial charge in [-0.15, -0.1) is 0 Å². The molecule has 682 valence electrons. The van der Waals surface area contributed by atoms with E-state index in [9.17, 15) is 19.2 Å². The SMILES string of the molecule is CC(=O)C=C(C)O.CC(=O)C=C(C)O.CC(=O)C=C(C)O.CC(=O)C=C(C)O.Cc1c[n-]c(-n2c3ccccc3c3c4ccccc4cnc32)c1C.[Ir].[Ir].[Ir].[Ir].c1ccc2[n-]c(-n3c4ccccc4c4c5ccccc5cnc43)cc2c1.c1ccc2c(-n3c4ccccc4c4c5ccccc5cnc43)[n-]cc2c1.c1ccc2c(c1)cnc1c2c2ccccc2n1-c1[n-]cc2[n+]1CCCC2. The Morgan fingerprint density at radius 1 is 0.336 bits per heavy atom. The molecule has 0 amide bonds. The van der Waals surface area contributed by atoms with Crippen LogP contribution in [0.3, 0.4) is 0 Å². The van der Waals surface area contributed by atoms with Crippen molar-refractivity contribution in [1.29, 1.82) is 0 Å². The van der Waals surface area contributed by atoms with Gasteiger partial charge in [0.15, 0.2) is 23.1 Å². The first-order chi connectivity index (χ1) is 63.0. The first kappa shape index (κ1) is 99.1. The maximum atomic E-state index is 10.0. The van der Waals surface area contributed by atoms with Crippen LogP contribution in [-0.2, 0) is 113 Å². The summed E-state index contributed by atoms with van der Waals surface area (Å²) in [4.78, 5) is 78.4. The molecule has 22 aromatic rings. The molecule has 0 spiro atoms. The summed E-state index contributed by atoms with van der Waals surface area (Å²) in [5, 5.41) is 56.1. The Hall–Kier alpha value is -14.0. The van der Waals surface area contributed by atoms with Gasteiger partial charge in [-0.1, -0.05) is 266 Å². The number of rotatable bonds is 8. The summed E-state index contributed by atoms with van der Waals surface area (Å²) in [6.07, 6.45) is 22.0. The molecule has 0 saturated heterocycles. The Balaban J connectivity index is 0.000000146. The van der Waals surface area contributed by atoms with Crippen LogP contribution in [0.25, 0.3) is 176 Å². The molecular formula is C109H94Ir4N13O8-3. The van der Waals surface area contributed by atoms with Crippen LogP contribution in [0.1, 0.15) is 85.1 Å². The number of pyridine rings is 4. The van der Waals surface area contributed by atoms with Crippen LogP contribution in [0.5, 0.6) is 0 Å². The van der Waals surface area contributed by atoms with E-state index in [2.05, 4.69) is 272 Å². The molecule has 4 N–H and O–H groups in total. The van der Waals surface area contributed by atoms with Crippen molar-refractivity contribution in [2.45, 2.75) is 95.0 Å². The van der Waals surface area contributed by atoms with Gasteiger partial charge in [-0.2, -0.15) is 0 Å². The second-order valence-electron chi connectivity index (χ2n) is 32.1. The van der Waals surface area contributed by atoms with Crippen LogP contribution in [0, 0.1) is 13.8 Å². The molecule has 1 aliphatic rings. The van der Waals surface area contributed by atoms with Crippen LogP contribution in [0.2, 0.25) is 0 Å².